The Morgan fingerprint density at radius 3 is 2.21 bits per heavy atom. The molecule has 154 valence electrons. The lowest BCUT2D eigenvalue weighted by atomic mass is 10.3. The second-order valence-corrected chi connectivity index (χ2v) is 9.17. The van der Waals surface area contributed by atoms with Crippen molar-refractivity contribution >= 4 is 27.6 Å². The molecule has 0 saturated carbocycles. The summed E-state index contributed by atoms with van der Waals surface area (Å²) in [7, 11) is -3.52. The van der Waals surface area contributed by atoms with E-state index in [-0.39, 0.29) is 24.0 Å². The Hall–Kier alpha value is -2.65. The number of carbonyl (C=O) groups excluding carboxylic acids is 1. The molecule has 2 fully saturated rings. The highest BCUT2D eigenvalue weighted by molar-refractivity contribution is 7.89. The summed E-state index contributed by atoms with van der Waals surface area (Å²) < 4.78 is 26.8. The maximum absolute atomic E-state index is 12.7. The van der Waals surface area contributed by atoms with Crippen LogP contribution in [-0.2, 0) is 10.0 Å². The summed E-state index contributed by atoms with van der Waals surface area (Å²) in [4.78, 5) is 21.1. The van der Waals surface area contributed by atoms with E-state index >= 15 is 0 Å². The lowest BCUT2D eigenvalue weighted by Gasteiger charge is -2.34. The molecule has 0 atom stereocenters. The second kappa shape index (κ2) is 8.38. The lowest BCUT2D eigenvalue weighted by Crippen LogP contribution is -2.51. The Balaban J connectivity index is 1.32. The summed E-state index contributed by atoms with van der Waals surface area (Å²) in [6.45, 7) is 3.28. The minimum Gasteiger partial charge on any atom is -0.357 e. The van der Waals surface area contributed by atoms with Gasteiger partial charge in [-0.25, -0.2) is 18.2 Å². The fourth-order valence-electron chi connectivity index (χ4n) is 3.67. The van der Waals surface area contributed by atoms with Crippen LogP contribution in [0.3, 0.4) is 0 Å². The first kappa shape index (κ1) is 19.7. The number of pyridine rings is 1. The van der Waals surface area contributed by atoms with E-state index in [2.05, 4.69) is 15.2 Å². The van der Waals surface area contributed by atoms with E-state index in [4.69, 9.17) is 0 Å². The van der Waals surface area contributed by atoms with Gasteiger partial charge in [-0.1, -0.05) is 18.2 Å². The molecule has 0 bridgehead atoms. The normalized spacial score (nSPS) is 18.1. The number of piperazine rings is 1. The van der Waals surface area contributed by atoms with E-state index < -0.39 is 10.0 Å². The van der Waals surface area contributed by atoms with Crippen LogP contribution < -0.4 is 10.2 Å². The largest absolute Gasteiger partial charge is 0.357 e. The number of nitrogens with one attached hydrogen (secondary N) is 1. The Labute approximate surface area is 171 Å². The van der Waals surface area contributed by atoms with E-state index in [1.807, 2.05) is 12.1 Å². The summed E-state index contributed by atoms with van der Waals surface area (Å²) >= 11 is 0. The lowest BCUT2D eigenvalue weighted by molar-refractivity contribution is 0.184. The molecular formula is C20H25N5O3S. The first-order valence-electron chi connectivity index (χ1n) is 9.86. The smallest absolute Gasteiger partial charge is 0.321 e. The van der Waals surface area contributed by atoms with Crippen LogP contribution in [0, 0.1) is 0 Å². The fraction of sp³-hybridized carbons (Fsp3) is 0.400. The quantitative estimate of drug-likeness (QED) is 0.828. The van der Waals surface area contributed by atoms with E-state index in [9.17, 15) is 13.2 Å². The number of carbonyl (C=O) groups is 1. The third-order valence-electron chi connectivity index (χ3n) is 5.34. The van der Waals surface area contributed by atoms with Crippen molar-refractivity contribution < 1.29 is 13.2 Å². The molecule has 4 rings (SSSR count). The van der Waals surface area contributed by atoms with Crippen molar-refractivity contribution in [3.8, 4) is 0 Å². The zero-order valence-corrected chi connectivity index (χ0v) is 17.0. The third kappa shape index (κ3) is 4.35. The Bertz CT molecular complexity index is 936. The monoisotopic (exact) mass is 415 g/mol. The van der Waals surface area contributed by atoms with Gasteiger partial charge in [0.15, 0.2) is 0 Å². The fourth-order valence-corrected chi connectivity index (χ4v) is 5.11. The molecule has 3 heterocycles. The van der Waals surface area contributed by atoms with Gasteiger partial charge in [0.25, 0.3) is 0 Å². The van der Waals surface area contributed by atoms with Crippen LogP contribution in [-0.4, -0.2) is 67.9 Å². The first-order valence-corrected chi connectivity index (χ1v) is 11.3. The second-order valence-electron chi connectivity index (χ2n) is 7.23. The molecule has 2 aromatic rings. The number of amides is 2. The first-order chi connectivity index (χ1) is 14.0. The van der Waals surface area contributed by atoms with Gasteiger partial charge in [0.05, 0.1) is 16.8 Å². The number of sulfonamides is 1. The molecule has 2 aliphatic heterocycles. The highest BCUT2D eigenvalue weighted by Crippen LogP contribution is 2.20. The molecule has 0 spiro atoms. The minimum absolute atomic E-state index is 0.238. The number of benzene rings is 1. The van der Waals surface area contributed by atoms with Crippen molar-refractivity contribution in [2.75, 3.05) is 49.5 Å². The van der Waals surface area contributed by atoms with Crippen LogP contribution in [0.4, 0.5) is 16.3 Å². The van der Waals surface area contributed by atoms with Crippen LogP contribution in [0.2, 0.25) is 0 Å². The number of anilines is 2. The van der Waals surface area contributed by atoms with Crippen LogP contribution in [0.1, 0.15) is 12.8 Å². The van der Waals surface area contributed by atoms with Crippen LogP contribution in [0.25, 0.3) is 0 Å². The third-order valence-corrected chi connectivity index (χ3v) is 7.25. The van der Waals surface area contributed by atoms with Crippen LogP contribution in [0.15, 0.2) is 53.6 Å². The average molecular weight is 416 g/mol. The number of urea groups is 1. The highest BCUT2D eigenvalue weighted by Gasteiger charge is 2.30. The van der Waals surface area contributed by atoms with Crippen LogP contribution >= 0.6 is 0 Å². The van der Waals surface area contributed by atoms with Gasteiger partial charge in [-0.05, 0) is 37.1 Å². The van der Waals surface area contributed by atoms with Gasteiger partial charge in [-0.3, -0.25) is 0 Å². The summed E-state index contributed by atoms with van der Waals surface area (Å²) in [6.07, 6.45) is 4.04. The zero-order chi connectivity index (χ0) is 20.3. The maximum Gasteiger partial charge on any atom is 0.321 e. The predicted molar refractivity (Wildman–Crippen MR) is 111 cm³/mol. The molecule has 1 N–H and O–H groups in total. The van der Waals surface area contributed by atoms with Crippen molar-refractivity contribution in [1.29, 1.82) is 0 Å². The molecule has 9 heteroatoms. The number of aromatic nitrogens is 1. The van der Waals surface area contributed by atoms with Gasteiger partial charge in [-0.15, -0.1) is 0 Å². The number of hydrogen-bond acceptors (Lipinski definition) is 5. The van der Waals surface area contributed by atoms with Gasteiger partial charge in [0, 0.05) is 39.3 Å². The highest BCUT2D eigenvalue weighted by atomic mass is 32.2. The summed E-state index contributed by atoms with van der Waals surface area (Å²) in [5.74, 6) is 0.931. The SMILES string of the molecule is O=C(Nc1ccc(N2CCCC2)nc1)N1CCN(S(=O)(=O)c2ccccc2)CC1. The van der Waals surface area contributed by atoms with Crippen molar-refractivity contribution in [2.24, 2.45) is 0 Å². The Kier molecular flexibility index (Phi) is 5.68. The zero-order valence-electron chi connectivity index (χ0n) is 16.2. The van der Waals surface area contributed by atoms with E-state index in [1.165, 1.54) is 17.1 Å². The predicted octanol–water partition coefficient (Wildman–Crippen LogP) is 2.22. The van der Waals surface area contributed by atoms with Gasteiger partial charge < -0.3 is 15.1 Å². The summed E-state index contributed by atoms with van der Waals surface area (Å²) in [6, 6.07) is 11.9. The molecule has 2 amide bonds. The average Bonchev–Trinajstić information content (AvgIpc) is 3.30. The summed E-state index contributed by atoms with van der Waals surface area (Å²) in [5, 5.41) is 2.85. The molecule has 0 aliphatic carbocycles. The van der Waals surface area contributed by atoms with Gasteiger partial charge in [0.2, 0.25) is 10.0 Å². The number of hydrogen-bond donors (Lipinski definition) is 1. The molecule has 0 radical (unpaired) electrons. The number of nitrogens with zero attached hydrogens (tertiary/aromatic N) is 4. The molecule has 1 aromatic heterocycles. The molecule has 0 unspecified atom stereocenters. The molecular weight excluding hydrogens is 390 g/mol. The van der Waals surface area contributed by atoms with E-state index in [1.54, 1.807) is 41.4 Å². The van der Waals surface area contributed by atoms with Crippen molar-refractivity contribution in [1.82, 2.24) is 14.2 Å². The number of rotatable bonds is 4. The van der Waals surface area contributed by atoms with Crippen molar-refractivity contribution in [2.45, 2.75) is 17.7 Å². The van der Waals surface area contributed by atoms with Gasteiger partial charge in [0.1, 0.15) is 5.82 Å². The molecule has 1 aromatic carbocycles. The Morgan fingerprint density at radius 1 is 0.897 bits per heavy atom. The van der Waals surface area contributed by atoms with E-state index in [0.29, 0.717) is 18.8 Å². The molecule has 8 nitrogen and oxygen atoms in total. The summed E-state index contributed by atoms with van der Waals surface area (Å²) in [5.41, 5.74) is 0.636. The minimum atomic E-state index is -3.52. The Morgan fingerprint density at radius 2 is 1.59 bits per heavy atom. The maximum atomic E-state index is 12.7. The topological polar surface area (TPSA) is 85.8 Å². The van der Waals surface area contributed by atoms with Crippen LogP contribution in [0.5, 0.6) is 0 Å². The van der Waals surface area contributed by atoms with Gasteiger partial charge in [-0.2, -0.15) is 4.31 Å². The van der Waals surface area contributed by atoms with Gasteiger partial charge >= 0.3 is 6.03 Å². The van der Waals surface area contributed by atoms with Crippen molar-refractivity contribution in [3.63, 3.8) is 0 Å². The molecule has 2 saturated heterocycles. The van der Waals surface area contributed by atoms with Crippen molar-refractivity contribution in [3.05, 3.63) is 48.7 Å². The molecule has 29 heavy (non-hydrogen) atoms. The molecule has 2 aliphatic rings. The van der Waals surface area contributed by atoms with E-state index in [0.717, 1.165) is 18.9 Å². The standard InChI is InChI=1S/C20H25N5O3S/c26-20(22-17-8-9-19(21-16-17)23-10-4-5-11-23)24-12-14-25(15-13-24)29(27,28)18-6-2-1-3-7-18/h1-3,6-9,16H,4-5,10-15H2,(H,22,26).